The molecular weight excluding hydrogens is 184 g/mol. The molecular formula is C13H26N2+2. The smallest absolute Gasteiger partial charge is 0.127 e. The second-order valence-electron chi connectivity index (χ2n) is 5.91. The normalized spacial score (nSPS) is 35.3. The molecule has 0 aliphatic heterocycles. The van der Waals surface area contributed by atoms with E-state index < -0.39 is 0 Å². The lowest BCUT2D eigenvalue weighted by Gasteiger charge is -2.22. The Balaban J connectivity index is 1.71. The van der Waals surface area contributed by atoms with E-state index >= 15 is 0 Å². The van der Waals surface area contributed by atoms with Gasteiger partial charge in [-0.05, 0) is 24.7 Å². The molecule has 2 aliphatic rings. The van der Waals surface area contributed by atoms with Crippen LogP contribution in [-0.4, -0.2) is 40.8 Å². The van der Waals surface area contributed by atoms with E-state index in [4.69, 9.17) is 0 Å². The van der Waals surface area contributed by atoms with Gasteiger partial charge in [-0.3, -0.25) is 0 Å². The van der Waals surface area contributed by atoms with Crippen molar-refractivity contribution in [2.75, 3.05) is 40.8 Å². The summed E-state index contributed by atoms with van der Waals surface area (Å²) in [5.41, 5.74) is 0. The Morgan fingerprint density at radius 1 is 1.07 bits per heavy atom. The van der Waals surface area contributed by atoms with Crippen molar-refractivity contribution in [2.45, 2.75) is 12.8 Å². The maximum atomic E-state index is 2.48. The van der Waals surface area contributed by atoms with Gasteiger partial charge in [0.2, 0.25) is 0 Å². The van der Waals surface area contributed by atoms with Gasteiger partial charge >= 0.3 is 0 Å². The number of quaternary nitrogens is 2. The number of likely N-dealkylation sites (N-methyl/N-ethyl adjacent to an activating group) is 2. The van der Waals surface area contributed by atoms with E-state index in [0.717, 1.165) is 17.8 Å². The van der Waals surface area contributed by atoms with Crippen LogP contribution < -0.4 is 9.80 Å². The Morgan fingerprint density at radius 2 is 1.87 bits per heavy atom. The van der Waals surface area contributed by atoms with Crippen LogP contribution in [0.25, 0.3) is 0 Å². The summed E-state index contributed by atoms with van der Waals surface area (Å²) >= 11 is 0. The molecule has 0 saturated heterocycles. The van der Waals surface area contributed by atoms with Crippen molar-refractivity contribution in [3.8, 4) is 0 Å². The Kier molecular flexibility index (Phi) is 3.47. The van der Waals surface area contributed by atoms with E-state index in [1.807, 2.05) is 0 Å². The first-order chi connectivity index (χ1) is 7.15. The minimum Gasteiger partial charge on any atom is -0.335 e. The van der Waals surface area contributed by atoms with Crippen LogP contribution in [0.1, 0.15) is 12.8 Å². The standard InChI is InChI=1S/C13H24N2/c1-14(2)6-7-15(3)10-13-9-11-4-5-12(13)8-11/h4-5,11-13H,6-10H2,1-3H3/p+2/t11-,12+,13-/m0/s1. The van der Waals surface area contributed by atoms with Crippen molar-refractivity contribution in [3.63, 3.8) is 0 Å². The third-order valence-corrected chi connectivity index (χ3v) is 4.08. The maximum absolute atomic E-state index is 2.48. The Hall–Kier alpha value is -0.340. The molecule has 1 fully saturated rings. The highest BCUT2D eigenvalue weighted by atomic mass is 15.1. The summed E-state index contributed by atoms with van der Waals surface area (Å²) in [5.74, 6) is 2.85. The molecule has 2 bridgehead atoms. The molecule has 0 spiro atoms. The molecule has 0 aromatic heterocycles. The van der Waals surface area contributed by atoms with Crippen molar-refractivity contribution in [2.24, 2.45) is 17.8 Å². The van der Waals surface area contributed by atoms with Gasteiger partial charge in [0.15, 0.2) is 0 Å². The molecule has 2 heteroatoms. The monoisotopic (exact) mass is 210 g/mol. The predicted octanol–water partition coefficient (Wildman–Crippen LogP) is -1.14. The highest BCUT2D eigenvalue weighted by Gasteiger charge is 2.37. The summed E-state index contributed by atoms with van der Waals surface area (Å²) in [5, 5.41) is 0. The first kappa shape index (κ1) is 11.2. The van der Waals surface area contributed by atoms with E-state index in [1.165, 1.54) is 32.5 Å². The quantitative estimate of drug-likeness (QED) is 0.531. The van der Waals surface area contributed by atoms with Crippen LogP contribution >= 0.6 is 0 Å². The van der Waals surface area contributed by atoms with E-state index in [-0.39, 0.29) is 0 Å². The zero-order chi connectivity index (χ0) is 10.8. The van der Waals surface area contributed by atoms with Gasteiger partial charge in [0.25, 0.3) is 0 Å². The zero-order valence-electron chi connectivity index (χ0n) is 10.4. The van der Waals surface area contributed by atoms with E-state index in [9.17, 15) is 0 Å². The van der Waals surface area contributed by atoms with Crippen molar-refractivity contribution in [1.29, 1.82) is 0 Å². The number of fused-ring (bicyclic) bond motifs is 2. The first-order valence-electron chi connectivity index (χ1n) is 6.44. The molecule has 4 atom stereocenters. The van der Waals surface area contributed by atoms with Gasteiger partial charge < -0.3 is 9.80 Å². The third-order valence-electron chi connectivity index (χ3n) is 4.08. The predicted molar refractivity (Wildman–Crippen MR) is 63.1 cm³/mol. The number of nitrogens with one attached hydrogen (secondary N) is 2. The van der Waals surface area contributed by atoms with Crippen molar-refractivity contribution < 1.29 is 9.80 Å². The van der Waals surface area contributed by atoms with Crippen LogP contribution in [0, 0.1) is 17.8 Å². The highest BCUT2D eigenvalue weighted by molar-refractivity contribution is 5.09. The van der Waals surface area contributed by atoms with E-state index in [1.54, 1.807) is 9.80 Å². The summed E-state index contributed by atoms with van der Waals surface area (Å²) in [6.45, 7) is 4.00. The summed E-state index contributed by atoms with van der Waals surface area (Å²) < 4.78 is 0. The lowest BCUT2D eigenvalue weighted by molar-refractivity contribution is -0.931. The molecule has 0 aromatic rings. The average molecular weight is 210 g/mol. The number of rotatable bonds is 5. The molecule has 2 N–H and O–H groups in total. The van der Waals surface area contributed by atoms with Gasteiger partial charge in [0.05, 0.1) is 27.7 Å². The number of allylic oxidation sites excluding steroid dienone is 2. The molecule has 0 heterocycles. The highest BCUT2D eigenvalue weighted by Crippen LogP contribution is 2.42. The van der Waals surface area contributed by atoms with Crippen LogP contribution in [0.4, 0.5) is 0 Å². The van der Waals surface area contributed by atoms with Gasteiger partial charge in [-0.1, -0.05) is 12.2 Å². The van der Waals surface area contributed by atoms with Gasteiger partial charge in [0, 0.05) is 5.92 Å². The molecule has 0 aromatic carbocycles. The van der Waals surface area contributed by atoms with Gasteiger partial charge in [0.1, 0.15) is 13.1 Å². The molecule has 0 radical (unpaired) electrons. The fourth-order valence-corrected chi connectivity index (χ4v) is 3.14. The van der Waals surface area contributed by atoms with Crippen molar-refractivity contribution in [1.82, 2.24) is 0 Å². The van der Waals surface area contributed by atoms with Crippen LogP contribution in [0.5, 0.6) is 0 Å². The lowest BCUT2D eigenvalue weighted by atomic mass is 9.93. The first-order valence-corrected chi connectivity index (χ1v) is 6.44. The van der Waals surface area contributed by atoms with Crippen LogP contribution in [-0.2, 0) is 0 Å². The van der Waals surface area contributed by atoms with Crippen molar-refractivity contribution >= 4 is 0 Å². The minimum atomic E-state index is 0.927. The molecule has 0 amide bonds. The fraction of sp³-hybridized carbons (Fsp3) is 0.846. The molecule has 15 heavy (non-hydrogen) atoms. The van der Waals surface area contributed by atoms with E-state index in [0.29, 0.717) is 0 Å². The topological polar surface area (TPSA) is 8.88 Å². The summed E-state index contributed by atoms with van der Waals surface area (Å²) in [7, 11) is 6.85. The lowest BCUT2D eigenvalue weighted by Crippen LogP contribution is -3.16. The Bertz CT molecular complexity index is 235. The van der Waals surface area contributed by atoms with Gasteiger partial charge in [-0.2, -0.15) is 0 Å². The second-order valence-corrected chi connectivity index (χ2v) is 5.91. The molecule has 86 valence electrons. The van der Waals surface area contributed by atoms with Crippen LogP contribution in [0.15, 0.2) is 12.2 Å². The molecule has 2 nitrogen and oxygen atoms in total. The molecule has 2 rings (SSSR count). The zero-order valence-corrected chi connectivity index (χ0v) is 10.4. The summed E-state index contributed by atoms with van der Waals surface area (Å²) in [6.07, 6.45) is 7.84. The van der Waals surface area contributed by atoms with Crippen LogP contribution in [0.3, 0.4) is 0 Å². The van der Waals surface area contributed by atoms with Gasteiger partial charge in [-0.25, -0.2) is 0 Å². The maximum Gasteiger partial charge on any atom is 0.127 e. The van der Waals surface area contributed by atoms with Gasteiger partial charge in [-0.15, -0.1) is 0 Å². The number of hydrogen-bond donors (Lipinski definition) is 2. The van der Waals surface area contributed by atoms with E-state index in [2.05, 4.69) is 33.3 Å². The SMILES string of the molecule is C[NH+](C)CC[NH+](C)C[C@@H]1C[C@H]2C=C[C@@H]1C2. The minimum absolute atomic E-state index is 0.927. The summed E-state index contributed by atoms with van der Waals surface area (Å²) in [6, 6.07) is 0. The summed E-state index contributed by atoms with van der Waals surface area (Å²) in [4.78, 5) is 3.30. The largest absolute Gasteiger partial charge is 0.335 e. The van der Waals surface area contributed by atoms with Crippen LogP contribution in [0.2, 0.25) is 0 Å². The third kappa shape index (κ3) is 2.82. The Labute approximate surface area is 93.9 Å². The Morgan fingerprint density at radius 3 is 2.40 bits per heavy atom. The second kappa shape index (κ2) is 4.67. The average Bonchev–Trinajstić information content (AvgIpc) is 2.76. The number of hydrogen-bond acceptors (Lipinski definition) is 0. The van der Waals surface area contributed by atoms with Crippen molar-refractivity contribution in [3.05, 3.63) is 12.2 Å². The molecule has 2 aliphatic carbocycles. The fourth-order valence-electron chi connectivity index (χ4n) is 3.14. The molecule has 1 unspecified atom stereocenters. The molecule has 1 saturated carbocycles.